The molecule has 2 aromatic rings. The fraction of sp³-hybridized carbons (Fsp3) is 0.375. The molecule has 1 aromatic carbocycles. The third kappa shape index (κ3) is 2.43. The van der Waals surface area contributed by atoms with Crippen LogP contribution in [0.1, 0.15) is 42.1 Å². The number of hydrogen-bond donors (Lipinski definition) is 1. The topological polar surface area (TPSA) is 53.6 Å². The summed E-state index contributed by atoms with van der Waals surface area (Å²) in [6, 6.07) is 8.65. The van der Waals surface area contributed by atoms with Gasteiger partial charge in [-0.25, -0.2) is 13.5 Å². The number of hydrogen-bond acceptors (Lipinski definition) is 3. The third-order valence-electron chi connectivity index (χ3n) is 4.10. The van der Waals surface area contributed by atoms with Gasteiger partial charge in [0.25, 0.3) is 6.43 Å². The van der Waals surface area contributed by atoms with E-state index < -0.39 is 12.5 Å². The van der Waals surface area contributed by atoms with Crippen LogP contribution in [-0.2, 0) is 6.42 Å². The van der Waals surface area contributed by atoms with Gasteiger partial charge in [0.1, 0.15) is 23.5 Å². The minimum absolute atomic E-state index is 0.239. The second kappa shape index (κ2) is 5.76. The number of alkyl halides is 2. The van der Waals surface area contributed by atoms with E-state index in [1.54, 1.807) is 0 Å². The van der Waals surface area contributed by atoms with Gasteiger partial charge in [0, 0.05) is 0 Å². The predicted molar refractivity (Wildman–Crippen MR) is 78.8 cm³/mol. The second-order valence-electron chi connectivity index (χ2n) is 5.39. The first-order valence-electron chi connectivity index (χ1n) is 7.25. The van der Waals surface area contributed by atoms with Gasteiger partial charge in [-0.3, -0.25) is 0 Å². The maximum atomic E-state index is 13.3. The van der Waals surface area contributed by atoms with Crippen LogP contribution in [-0.4, -0.2) is 16.2 Å². The maximum absolute atomic E-state index is 13.3. The van der Waals surface area contributed by atoms with E-state index in [0.717, 1.165) is 12.0 Å². The Hall–Kier alpha value is -2.42. The molecule has 4 nitrogen and oxygen atoms in total. The molecule has 2 heterocycles. The standard InChI is InChI=1S/C16H16F2N4/c1-2-10-3-5-11(6-4-10)13-7-14(15(17)18)22-16(21-13)12(8-19)9-20-22/h3-6,9,13-15,21H,2,7H2,1H3/t13-,14-/m1/s1. The van der Waals surface area contributed by atoms with Gasteiger partial charge in [-0.1, -0.05) is 31.2 Å². The molecule has 0 amide bonds. The van der Waals surface area contributed by atoms with Gasteiger partial charge in [0.15, 0.2) is 0 Å². The van der Waals surface area contributed by atoms with Crippen LogP contribution in [0.4, 0.5) is 14.6 Å². The van der Waals surface area contributed by atoms with Crippen molar-refractivity contribution < 1.29 is 8.78 Å². The van der Waals surface area contributed by atoms with Gasteiger partial charge >= 0.3 is 0 Å². The number of aryl methyl sites for hydroxylation is 1. The zero-order chi connectivity index (χ0) is 15.7. The van der Waals surface area contributed by atoms with Crippen molar-refractivity contribution in [2.75, 3.05) is 5.32 Å². The molecule has 114 valence electrons. The van der Waals surface area contributed by atoms with E-state index >= 15 is 0 Å². The largest absolute Gasteiger partial charge is 0.362 e. The Kier molecular flexibility index (Phi) is 3.80. The Morgan fingerprint density at radius 3 is 2.73 bits per heavy atom. The number of nitrogens with zero attached hydrogens (tertiary/aromatic N) is 3. The molecule has 0 spiro atoms. The van der Waals surface area contributed by atoms with Gasteiger partial charge < -0.3 is 5.32 Å². The zero-order valence-corrected chi connectivity index (χ0v) is 12.1. The molecule has 2 atom stereocenters. The highest BCUT2D eigenvalue weighted by Crippen LogP contribution is 2.39. The summed E-state index contributed by atoms with van der Waals surface area (Å²) in [4.78, 5) is 0. The van der Waals surface area contributed by atoms with Crippen molar-refractivity contribution in [3.05, 3.63) is 47.2 Å². The van der Waals surface area contributed by atoms with Crippen molar-refractivity contribution in [1.29, 1.82) is 5.26 Å². The molecule has 6 heteroatoms. The van der Waals surface area contributed by atoms with Crippen molar-refractivity contribution >= 4 is 5.82 Å². The van der Waals surface area contributed by atoms with Crippen LogP contribution in [0.5, 0.6) is 0 Å². The van der Waals surface area contributed by atoms with Crippen molar-refractivity contribution in [1.82, 2.24) is 9.78 Å². The Morgan fingerprint density at radius 2 is 2.14 bits per heavy atom. The molecular weight excluding hydrogens is 286 g/mol. The first-order valence-corrected chi connectivity index (χ1v) is 7.25. The molecule has 1 aliphatic rings. The molecule has 1 aromatic heterocycles. The van der Waals surface area contributed by atoms with Crippen molar-refractivity contribution in [2.45, 2.75) is 38.3 Å². The average molecular weight is 302 g/mol. The summed E-state index contributed by atoms with van der Waals surface area (Å²) < 4.78 is 27.9. The van der Waals surface area contributed by atoms with Gasteiger partial charge in [-0.15, -0.1) is 0 Å². The molecule has 0 bridgehead atoms. The number of nitrogens with one attached hydrogen (secondary N) is 1. The molecule has 1 N–H and O–H groups in total. The van der Waals surface area contributed by atoms with E-state index in [2.05, 4.69) is 17.3 Å². The second-order valence-corrected chi connectivity index (χ2v) is 5.39. The third-order valence-corrected chi connectivity index (χ3v) is 4.10. The SMILES string of the molecule is CCc1ccc([C@H]2C[C@H](C(F)F)n3ncc(C#N)c3N2)cc1. The van der Waals surface area contributed by atoms with Crippen LogP contribution in [0, 0.1) is 11.3 Å². The van der Waals surface area contributed by atoms with Crippen LogP contribution >= 0.6 is 0 Å². The average Bonchev–Trinajstić information content (AvgIpc) is 2.96. The molecule has 0 unspecified atom stereocenters. The fourth-order valence-electron chi connectivity index (χ4n) is 2.82. The Balaban J connectivity index is 1.96. The maximum Gasteiger partial charge on any atom is 0.260 e. The first kappa shape index (κ1) is 14.5. The van der Waals surface area contributed by atoms with Gasteiger partial charge in [-0.05, 0) is 24.0 Å². The van der Waals surface area contributed by atoms with Crippen LogP contribution in [0.3, 0.4) is 0 Å². The van der Waals surface area contributed by atoms with Crippen molar-refractivity contribution in [2.24, 2.45) is 0 Å². The molecule has 22 heavy (non-hydrogen) atoms. The van der Waals surface area contributed by atoms with E-state index in [0.29, 0.717) is 11.4 Å². The summed E-state index contributed by atoms with van der Waals surface area (Å²) in [6.07, 6.45) is -0.0171. The highest BCUT2D eigenvalue weighted by atomic mass is 19.3. The lowest BCUT2D eigenvalue weighted by atomic mass is 9.96. The lowest BCUT2D eigenvalue weighted by Gasteiger charge is -2.32. The molecule has 3 rings (SSSR count). The molecule has 0 saturated carbocycles. The Labute approximate surface area is 127 Å². The summed E-state index contributed by atoms with van der Waals surface area (Å²) >= 11 is 0. The molecule has 1 aliphatic heterocycles. The number of rotatable bonds is 3. The van der Waals surface area contributed by atoms with Gasteiger partial charge in [-0.2, -0.15) is 10.4 Å². The van der Waals surface area contributed by atoms with Crippen LogP contribution < -0.4 is 5.32 Å². The summed E-state index contributed by atoms with van der Waals surface area (Å²) in [5.41, 5.74) is 2.44. The van der Waals surface area contributed by atoms with Crippen LogP contribution in [0.25, 0.3) is 0 Å². The molecule has 0 fully saturated rings. The predicted octanol–water partition coefficient (Wildman–Crippen LogP) is 3.68. The minimum Gasteiger partial charge on any atom is -0.362 e. The summed E-state index contributed by atoms with van der Waals surface area (Å²) in [7, 11) is 0. The van der Waals surface area contributed by atoms with Crippen LogP contribution in [0.2, 0.25) is 0 Å². The summed E-state index contributed by atoms with van der Waals surface area (Å²) in [5.74, 6) is 0.378. The quantitative estimate of drug-likeness (QED) is 0.941. The summed E-state index contributed by atoms with van der Waals surface area (Å²) in [5, 5.41) is 16.2. The number of anilines is 1. The number of aromatic nitrogens is 2. The summed E-state index contributed by atoms with van der Waals surface area (Å²) in [6.45, 7) is 2.07. The number of nitriles is 1. The molecule has 0 aliphatic carbocycles. The van der Waals surface area contributed by atoms with Gasteiger partial charge in [0.05, 0.1) is 12.2 Å². The lowest BCUT2D eigenvalue weighted by Crippen LogP contribution is -2.31. The van der Waals surface area contributed by atoms with E-state index in [1.807, 2.05) is 30.3 Å². The van der Waals surface area contributed by atoms with Crippen molar-refractivity contribution in [3.8, 4) is 6.07 Å². The molecular formula is C16H16F2N4. The Morgan fingerprint density at radius 1 is 1.41 bits per heavy atom. The highest BCUT2D eigenvalue weighted by molar-refractivity contribution is 5.54. The van der Waals surface area contributed by atoms with E-state index in [4.69, 9.17) is 5.26 Å². The monoisotopic (exact) mass is 302 g/mol. The molecule has 0 radical (unpaired) electrons. The van der Waals surface area contributed by atoms with E-state index in [1.165, 1.54) is 16.4 Å². The van der Waals surface area contributed by atoms with Gasteiger partial charge in [0.2, 0.25) is 0 Å². The zero-order valence-electron chi connectivity index (χ0n) is 12.1. The fourth-order valence-corrected chi connectivity index (χ4v) is 2.82. The first-order chi connectivity index (χ1) is 10.6. The molecule has 0 saturated heterocycles. The number of fused-ring (bicyclic) bond motifs is 1. The van der Waals surface area contributed by atoms with Crippen molar-refractivity contribution in [3.63, 3.8) is 0 Å². The number of halogens is 2. The minimum atomic E-state index is -2.52. The number of benzene rings is 1. The normalized spacial score (nSPS) is 20.3. The Bertz CT molecular complexity index is 700. The van der Waals surface area contributed by atoms with E-state index in [9.17, 15) is 8.78 Å². The highest BCUT2D eigenvalue weighted by Gasteiger charge is 2.35. The lowest BCUT2D eigenvalue weighted by molar-refractivity contribution is 0.0658. The smallest absolute Gasteiger partial charge is 0.260 e. The van der Waals surface area contributed by atoms with Crippen LogP contribution in [0.15, 0.2) is 30.5 Å². The van der Waals surface area contributed by atoms with E-state index in [-0.39, 0.29) is 12.5 Å².